The molecule has 1 aromatic carbocycles. The summed E-state index contributed by atoms with van der Waals surface area (Å²) in [7, 11) is 0. The Morgan fingerprint density at radius 2 is 2.06 bits per heavy atom. The van der Waals surface area contributed by atoms with Crippen LogP contribution in [0.5, 0.6) is 5.75 Å². The van der Waals surface area contributed by atoms with Gasteiger partial charge in [-0.15, -0.1) is 0 Å². The van der Waals surface area contributed by atoms with E-state index in [4.69, 9.17) is 33.7 Å². The molecular weight excluding hydrogens is 245 g/mol. The maximum absolute atomic E-state index is 6.05. The lowest BCUT2D eigenvalue weighted by Gasteiger charge is -2.27. The number of fused-ring (bicyclic) bond motifs is 1. The molecule has 1 aliphatic heterocycles. The standard InChI is InChI=1S/C12H15Cl2NO/c1-12(7-15)3-2-4-16-11-6-10(14)9(13)5-8(11)12/h5-6H,2-4,7,15H2,1H3. The molecule has 1 heterocycles. The molecule has 0 aromatic heterocycles. The number of hydrogen-bond donors (Lipinski definition) is 1. The molecule has 0 bridgehead atoms. The van der Waals surface area contributed by atoms with E-state index in [0.717, 1.165) is 24.2 Å². The van der Waals surface area contributed by atoms with Crippen molar-refractivity contribution in [3.63, 3.8) is 0 Å². The number of hydrogen-bond acceptors (Lipinski definition) is 2. The van der Waals surface area contributed by atoms with Crippen molar-refractivity contribution >= 4 is 23.2 Å². The predicted octanol–water partition coefficient (Wildman–Crippen LogP) is 3.38. The summed E-state index contributed by atoms with van der Waals surface area (Å²) in [5, 5.41) is 1.09. The zero-order chi connectivity index (χ0) is 11.8. The van der Waals surface area contributed by atoms with Crippen LogP contribution in [0.25, 0.3) is 0 Å². The topological polar surface area (TPSA) is 35.2 Å². The van der Waals surface area contributed by atoms with Gasteiger partial charge in [-0.2, -0.15) is 0 Å². The highest BCUT2D eigenvalue weighted by molar-refractivity contribution is 6.42. The monoisotopic (exact) mass is 259 g/mol. The first-order valence-electron chi connectivity index (χ1n) is 5.39. The molecule has 0 saturated carbocycles. The minimum absolute atomic E-state index is 0.0694. The van der Waals surface area contributed by atoms with Gasteiger partial charge in [0.15, 0.2) is 0 Å². The van der Waals surface area contributed by atoms with Crippen molar-refractivity contribution in [2.75, 3.05) is 13.2 Å². The van der Waals surface area contributed by atoms with Crippen molar-refractivity contribution in [3.8, 4) is 5.75 Å². The van der Waals surface area contributed by atoms with E-state index in [1.54, 1.807) is 6.07 Å². The maximum Gasteiger partial charge on any atom is 0.124 e. The molecule has 1 atom stereocenters. The lowest BCUT2D eigenvalue weighted by Crippen LogP contribution is -2.31. The number of halogens is 2. The molecule has 88 valence electrons. The molecule has 16 heavy (non-hydrogen) atoms. The first-order chi connectivity index (χ1) is 7.57. The van der Waals surface area contributed by atoms with E-state index in [1.807, 2.05) is 6.07 Å². The summed E-state index contributed by atoms with van der Waals surface area (Å²) in [6.45, 7) is 3.44. The normalized spacial score (nSPS) is 24.5. The first kappa shape index (κ1) is 12.0. The fourth-order valence-electron chi connectivity index (χ4n) is 2.11. The molecule has 0 aliphatic carbocycles. The summed E-state index contributed by atoms with van der Waals surface area (Å²) < 4.78 is 5.68. The van der Waals surface area contributed by atoms with Gasteiger partial charge in [0.05, 0.1) is 16.7 Å². The second-order valence-electron chi connectivity index (χ2n) is 4.48. The molecule has 0 fully saturated rings. The van der Waals surface area contributed by atoms with Gasteiger partial charge in [-0.3, -0.25) is 0 Å². The van der Waals surface area contributed by atoms with Crippen LogP contribution in [-0.2, 0) is 5.41 Å². The Balaban J connectivity index is 2.57. The molecule has 1 aliphatic rings. The summed E-state index contributed by atoms with van der Waals surface area (Å²) >= 11 is 12.0. The minimum atomic E-state index is -0.0694. The molecule has 2 rings (SSSR count). The van der Waals surface area contributed by atoms with Crippen LogP contribution in [0.4, 0.5) is 0 Å². The van der Waals surface area contributed by atoms with Crippen molar-refractivity contribution in [1.82, 2.24) is 0 Å². The molecular formula is C12H15Cl2NO. The Morgan fingerprint density at radius 3 is 2.75 bits per heavy atom. The van der Waals surface area contributed by atoms with E-state index < -0.39 is 0 Å². The Hall–Kier alpha value is -0.440. The predicted molar refractivity (Wildman–Crippen MR) is 67.6 cm³/mol. The van der Waals surface area contributed by atoms with Crippen LogP contribution in [0.15, 0.2) is 12.1 Å². The smallest absolute Gasteiger partial charge is 0.124 e. The van der Waals surface area contributed by atoms with E-state index in [0.29, 0.717) is 23.2 Å². The summed E-state index contributed by atoms with van der Waals surface area (Å²) in [5.41, 5.74) is 6.88. The van der Waals surface area contributed by atoms with Gasteiger partial charge in [-0.05, 0) is 18.9 Å². The molecule has 0 saturated heterocycles. The van der Waals surface area contributed by atoms with Gasteiger partial charge >= 0.3 is 0 Å². The van der Waals surface area contributed by atoms with Gasteiger partial charge < -0.3 is 10.5 Å². The van der Waals surface area contributed by atoms with Gasteiger partial charge in [0.1, 0.15) is 5.75 Å². The van der Waals surface area contributed by atoms with Crippen molar-refractivity contribution in [3.05, 3.63) is 27.7 Å². The molecule has 0 amide bonds. The number of benzene rings is 1. The summed E-state index contributed by atoms with van der Waals surface area (Å²) in [4.78, 5) is 0. The van der Waals surface area contributed by atoms with Crippen LogP contribution >= 0.6 is 23.2 Å². The summed E-state index contributed by atoms with van der Waals surface area (Å²) in [5.74, 6) is 0.819. The number of ether oxygens (including phenoxy) is 1. The van der Waals surface area contributed by atoms with Crippen LogP contribution < -0.4 is 10.5 Å². The van der Waals surface area contributed by atoms with Gasteiger partial charge in [0.25, 0.3) is 0 Å². The molecule has 0 spiro atoms. The van der Waals surface area contributed by atoms with Crippen LogP contribution in [0.2, 0.25) is 10.0 Å². The second-order valence-corrected chi connectivity index (χ2v) is 5.29. The van der Waals surface area contributed by atoms with Gasteiger partial charge in [0.2, 0.25) is 0 Å². The van der Waals surface area contributed by atoms with E-state index in [2.05, 4.69) is 6.92 Å². The summed E-state index contributed by atoms with van der Waals surface area (Å²) in [6, 6.07) is 3.68. The largest absolute Gasteiger partial charge is 0.493 e. The Bertz CT molecular complexity index is 408. The van der Waals surface area contributed by atoms with Crippen LogP contribution in [-0.4, -0.2) is 13.2 Å². The average molecular weight is 260 g/mol. The molecule has 2 N–H and O–H groups in total. The highest BCUT2D eigenvalue weighted by atomic mass is 35.5. The highest BCUT2D eigenvalue weighted by Gasteiger charge is 2.31. The Kier molecular flexibility index (Phi) is 3.34. The average Bonchev–Trinajstić information content (AvgIpc) is 2.42. The van der Waals surface area contributed by atoms with Gasteiger partial charge in [0, 0.05) is 23.6 Å². The van der Waals surface area contributed by atoms with Gasteiger partial charge in [-0.1, -0.05) is 30.1 Å². The SMILES string of the molecule is CC1(CN)CCCOc2cc(Cl)c(Cl)cc21. The van der Waals surface area contributed by atoms with Crippen molar-refractivity contribution < 1.29 is 4.74 Å². The third-order valence-corrected chi connectivity index (χ3v) is 3.98. The lowest BCUT2D eigenvalue weighted by molar-refractivity contribution is 0.313. The first-order valence-corrected chi connectivity index (χ1v) is 6.15. The van der Waals surface area contributed by atoms with Crippen molar-refractivity contribution in [2.24, 2.45) is 5.73 Å². The quantitative estimate of drug-likeness (QED) is 0.840. The number of nitrogens with two attached hydrogens (primary N) is 1. The van der Waals surface area contributed by atoms with E-state index in [1.165, 1.54) is 0 Å². The maximum atomic E-state index is 6.05. The molecule has 4 heteroatoms. The lowest BCUT2D eigenvalue weighted by atomic mass is 9.79. The van der Waals surface area contributed by atoms with Crippen LogP contribution in [0, 0.1) is 0 Å². The van der Waals surface area contributed by atoms with E-state index >= 15 is 0 Å². The molecule has 2 nitrogen and oxygen atoms in total. The van der Waals surface area contributed by atoms with Crippen molar-refractivity contribution in [1.29, 1.82) is 0 Å². The Morgan fingerprint density at radius 1 is 1.38 bits per heavy atom. The minimum Gasteiger partial charge on any atom is -0.493 e. The fraction of sp³-hybridized carbons (Fsp3) is 0.500. The zero-order valence-electron chi connectivity index (χ0n) is 9.22. The molecule has 0 radical (unpaired) electrons. The Labute approximate surface area is 106 Å². The molecule has 1 aromatic rings. The third-order valence-electron chi connectivity index (χ3n) is 3.25. The third kappa shape index (κ3) is 2.02. The van der Waals surface area contributed by atoms with Crippen LogP contribution in [0.1, 0.15) is 25.3 Å². The number of rotatable bonds is 1. The van der Waals surface area contributed by atoms with Gasteiger partial charge in [-0.25, -0.2) is 0 Å². The van der Waals surface area contributed by atoms with Crippen molar-refractivity contribution in [2.45, 2.75) is 25.2 Å². The van der Waals surface area contributed by atoms with E-state index in [9.17, 15) is 0 Å². The molecule has 1 unspecified atom stereocenters. The van der Waals surface area contributed by atoms with E-state index in [-0.39, 0.29) is 5.41 Å². The second kappa shape index (κ2) is 4.44. The zero-order valence-corrected chi connectivity index (χ0v) is 10.7. The fourth-order valence-corrected chi connectivity index (χ4v) is 2.43. The highest BCUT2D eigenvalue weighted by Crippen LogP contribution is 2.41. The van der Waals surface area contributed by atoms with Crippen LogP contribution in [0.3, 0.4) is 0 Å². The summed E-state index contributed by atoms with van der Waals surface area (Å²) in [6.07, 6.45) is 2.01.